The van der Waals surface area contributed by atoms with Crippen molar-refractivity contribution in [1.29, 1.82) is 0 Å². The van der Waals surface area contributed by atoms with E-state index < -0.39 is 17.4 Å². The lowest BCUT2D eigenvalue weighted by Gasteiger charge is -2.44. The molecule has 0 spiro atoms. The highest BCUT2D eigenvalue weighted by Crippen LogP contribution is 2.32. The number of imidazole rings is 1. The van der Waals surface area contributed by atoms with Crippen molar-refractivity contribution < 1.29 is 23.9 Å². The summed E-state index contributed by atoms with van der Waals surface area (Å²) in [5.41, 5.74) is -0.223. The molecule has 4 rings (SSSR count). The minimum Gasteiger partial charge on any atom is -0.497 e. The van der Waals surface area contributed by atoms with Crippen LogP contribution in [0.4, 0.5) is 0 Å². The molecule has 1 atom stereocenters. The minimum atomic E-state index is -1.15. The Hall–Kier alpha value is -3.36. The van der Waals surface area contributed by atoms with Crippen molar-refractivity contribution in [3.05, 3.63) is 47.5 Å². The predicted molar refractivity (Wildman–Crippen MR) is 115 cm³/mol. The number of hydrogen-bond donors (Lipinski definition) is 1. The number of esters is 1. The topological polar surface area (TPSA) is 103 Å². The lowest BCUT2D eigenvalue weighted by molar-refractivity contribution is -0.134. The first-order valence-corrected chi connectivity index (χ1v) is 10.8. The van der Waals surface area contributed by atoms with Crippen LogP contribution in [0.3, 0.4) is 0 Å². The number of ether oxygens (including phenoxy) is 2. The summed E-state index contributed by atoms with van der Waals surface area (Å²) in [4.78, 5) is 45.0. The molecule has 9 nitrogen and oxygen atoms in total. The Labute approximate surface area is 186 Å². The normalized spacial score (nSPS) is 20.7. The molecule has 9 heteroatoms. The van der Waals surface area contributed by atoms with Gasteiger partial charge in [0.15, 0.2) is 5.69 Å². The van der Waals surface area contributed by atoms with Crippen LogP contribution in [0, 0.1) is 0 Å². The fourth-order valence-electron chi connectivity index (χ4n) is 4.51. The molecule has 2 amide bonds. The van der Waals surface area contributed by atoms with Gasteiger partial charge in [-0.1, -0.05) is 25.0 Å². The maximum Gasteiger partial charge on any atom is 0.359 e. The molecule has 0 bridgehead atoms. The van der Waals surface area contributed by atoms with Crippen molar-refractivity contribution in [2.75, 3.05) is 14.2 Å². The third-order valence-corrected chi connectivity index (χ3v) is 6.42. The first-order chi connectivity index (χ1) is 15.4. The van der Waals surface area contributed by atoms with Crippen LogP contribution in [-0.2, 0) is 22.6 Å². The Morgan fingerprint density at radius 1 is 1.19 bits per heavy atom. The SMILES string of the molecule is COC(=O)c1ncn2c1C(=O)N(Cc1ccc(OC)cc1)C(C)(C(=O)NC1CCCC1)C2. The van der Waals surface area contributed by atoms with Gasteiger partial charge in [-0.3, -0.25) is 9.59 Å². The third kappa shape index (κ3) is 3.83. The highest BCUT2D eigenvalue weighted by atomic mass is 16.5. The average molecular weight is 441 g/mol. The second-order valence-electron chi connectivity index (χ2n) is 8.53. The number of hydrogen-bond acceptors (Lipinski definition) is 6. The molecule has 1 aromatic carbocycles. The van der Waals surface area contributed by atoms with Gasteiger partial charge in [0.2, 0.25) is 5.91 Å². The van der Waals surface area contributed by atoms with Crippen molar-refractivity contribution in [1.82, 2.24) is 19.8 Å². The van der Waals surface area contributed by atoms with Crippen LogP contribution in [0.25, 0.3) is 0 Å². The average Bonchev–Trinajstić information content (AvgIpc) is 3.46. The summed E-state index contributed by atoms with van der Waals surface area (Å²) in [5.74, 6) is -0.624. The number of benzene rings is 1. The van der Waals surface area contributed by atoms with Crippen molar-refractivity contribution in [2.45, 2.75) is 57.3 Å². The summed E-state index contributed by atoms with van der Waals surface area (Å²) in [6, 6.07) is 7.45. The van der Waals surface area contributed by atoms with Gasteiger partial charge in [-0.05, 0) is 37.5 Å². The second kappa shape index (κ2) is 8.64. The van der Waals surface area contributed by atoms with Crippen LogP contribution in [0.5, 0.6) is 5.75 Å². The summed E-state index contributed by atoms with van der Waals surface area (Å²) in [6.45, 7) is 2.15. The lowest BCUT2D eigenvalue weighted by atomic mass is 9.93. The lowest BCUT2D eigenvalue weighted by Crippen LogP contribution is -2.64. The van der Waals surface area contributed by atoms with Crippen LogP contribution in [0.1, 0.15) is 59.1 Å². The van der Waals surface area contributed by atoms with Gasteiger partial charge < -0.3 is 24.3 Å². The molecule has 1 saturated carbocycles. The number of carbonyl (C=O) groups excluding carboxylic acids is 3. The molecule has 2 aliphatic rings. The first-order valence-electron chi connectivity index (χ1n) is 10.8. The van der Waals surface area contributed by atoms with Gasteiger partial charge in [0.1, 0.15) is 17.0 Å². The summed E-state index contributed by atoms with van der Waals surface area (Å²) < 4.78 is 11.6. The number of nitrogens with one attached hydrogen (secondary N) is 1. The van der Waals surface area contributed by atoms with Crippen LogP contribution >= 0.6 is 0 Å². The van der Waals surface area contributed by atoms with Crippen molar-refractivity contribution in [2.24, 2.45) is 0 Å². The van der Waals surface area contributed by atoms with Crippen LogP contribution in [-0.4, -0.2) is 58.0 Å². The van der Waals surface area contributed by atoms with Crippen LogP contribution in [0.2, 0.25) is 0 Å². The quantitative estimate of drug-likeness (QED) is 0.691. The summed E-state index contributed by atoms with van der Waals surface area (Å²) in [7, 11) is 2.83. The molecule has 1 aliphatic heterocycles. The van der Waals surface area contributed by atoms with E-state index in [0.717, 1.165) is 31.2 Å². The number of amides is 2. The molecule has 0 radical (unpaired) electrons. The van der Waals surface area contributed by atoms with Gasteiger partial charge in [-0.25, -0.2) is 9.78 Å². The van der Waals surface area contributed by atoms with E-state index >= 15 is 0 Å². The van der Waals surface area contributed by atoms with Gasteiger partial charge in [0.25, 0.3) is 5.91 Å². The van der Waals surface area contributed by atoms with E-state index in [-0.39, 0.29) is 36.4 Å². The number of methoxy groups -OCH3 is 2. The molecule has 1 N–H and O–H groups in total. The van der Waals surface area contributed by atoms with Gasteiger partial charge in [0, 0.05) is 12.6 Å². The zero-order chi connectivity index (χ0) is 22.9. The zero-order valence-electron chi connectivity index (χ0n) is 18.6. The van der Waals surface area contributed by atoms with Crippen LogP contribution < -0.4 is 10.1 Å². The van der Waals surface area contributed by atoms with E-state index in [9.17, 15) is 14.4 Å². The first kappa shape index (κ1) is 21.9. The zero-order valence-corrected chi connectivity index (χ0v) is 18.6. The highest BCUT2D eigenvalue weighted by molar-refractivity contribution is 6.06. The van der Waals surface area contributed by atoms with Crippen LogP contribution in [0.15, 0.2) is 30.6 Å². The van der Waals surface area contributed by atoms with Gasteiger partial charge >= 0.3 is 5.97 Å². The molecule has 1 aromatic heterocycles. The fraction of sp³-hybridized carbons (Fsp3) is 0.478. The van der Waals surface area contributed by atoms with E-state index in [2.05, 4.69) is 10.3 Å². The molecular formula is C23H28N4O5. The smallest absolute Gasteiger partial charge is 0.359 e. The molecule has 170 valence electrons. The van der Waals surface area contributed by atoms with Crippen molar-refractivity contribution in [3.63, 3.8) is 0 Å². The minimum absolute atomic E-state index is 0.0459. The maximum absolute atomic E-state index is 13.7. The molecule has 1 aliphatic carbocycles. The Bertz CT molecular complexity index is 1030. The molecular weight excluding hydrogens is 412 g/mol. The van der Waals surface area contributed by atoms with E-state index in [0.29, 0.717) is 5.75 Å². The molecule has 2 aromatic rings. The summed E-state index contributed by atoms with van der Waals surface area (Å²) >= 11 is 0. The molecule has 0 saturated heterocycles. The summed E-state index contributed by atoms with van der Waals surface area (Å²) in [5, 5.41) is 3.14. The number of fused-ring (bicyclic) bond motifs is 1. The highest BCUT2D eigenvalue weighted by Gasteiger charge is 2.49. The Kier molecular flexibility index (Phi) is 5.90. The molecule has 32 heavy (non-hydrogen) atoms. The Morgan fingerprint density at radius 3 is 2.50 bits per heavy atom. The molecule has 1 fully saturated rings. The standard InChI is InChI=1S/C23H28N4O5/c1-23(22(30)25-16-6-4-5-7-16)13-26-14-24-18(21(29)32-3)19(26)20(28)27(23)12-15-8-10-17(31-2)11-9-15/h8-11,14,16H,4-7,12-13H2,1-3H3,(H,25,30). The number of aromatic nitrogens is 2. The number of carbonyl (C=O) groups is 3. The van der Waals surface area contributed by atoms with E-state index in [1.54, 1.807) is 18.6 Å². The molecule has 1 unspecified atom stereocenters. The van der Waals surface area contributed by atoms with E-state index in [1.807, 2.05) is 24.3 Å². The largest absolute Gasteiger partial charge is 0.497 e. The maximum atomic E-state index is 13.7. The predicted octanol–water partition coefficient (Wildman–Crippen LogP) is 2.15. The fourth-order valence-corrected chi connectivity index (χ4v) is 4.51. The monoisotopic (exact) mass is 440 g/mol. The van der Waals surface area contributed by atoms with Gasteiger partial charge in [-0.2, -0.15) is 0 Å². The van der Waals surface area contributed by atoms with E-state index in [1.165, 1.54) is 18.3 Å². The second-order valence-corrected chi connectivity index (χ2v) is 8.53. The Morgan fingerprint density at radius 2 is 1.88 bits per heavy atom. The Balaban J connectivity index is 1.71. The van der Waals surface area contributed by atoms with Gasteiger partial charge in [0.05, 0.1) is 27.1 Å². The van der Waals surface area contributed by atoms with Crippen molar-refractivity contribution >= 4 is 17.8 Å². The van der Waals surface area contributed by atoms with E-state index in [4.69, 9.17) is 9.47 Å². The number of rotatable bonds is 6. The van der Waals surface area contributed by atoms with Gasteiger partial charge in [-0.15, -0.1) is 0 Å². The number of nitrogens with zero attached hydrogens (tertiary/aromatic N) is 3. The van der Waals surface area contributed by atoms with Crippen molar-refractivity contribution in [3.8, 4) is 5.75 Å². The third-order valence-electron chi connectivity index (χ3n) is 6.42. The molecule has 2 heterocycles. The summed E-state index contributed by atoms with van der Waals surface area (Å²) in [6.07, 6.45) is 5.48.